The fourth-order valence-electron chi connectivity index (χ4n) is 3.59. The molecule has 2 aromatic heterocycles. The molecule has 1 aliphatic rings. The van der Waals surface area contributed by atoms with E-state index in [-0.39, 0.29) is 17.5 Å². The molecular weight excluding hydrogens is 314 g/mol. The molecule has 3 heterocycles. The van der Waals surface area contributed by atoms with Gasteiger partial charge in [0.05, 0.1) is 11.7 Å². The molecule has 130 valence electrons. The van der Waals surface area contributed by atoms with Crippen molar-refractivity contribution in [3.63, 3.8) is 0 Å². The Balaban J connectivity index is 1.87. The molecule has 25 heavy (non-hydrogen) atoms. The van der Waals surface area contributed by atoms with Crippen molar-refractivity contribution in [1.82, 2.24) is 24.6 Å². The van der Waals surface area contributed by atoms with E-state index in [0.29, 0.717) is 12.1 Å². The maximum Gasteiger partial charge on any atom is 0.282 e. The molecule has 3 aromatic rings. The number of H-pyrrole nitrogens is 1. The van der Waals surface area contributed by atoms with Crippen molar-refractivity contribution >= 4 is 11.0 Å². The highest BCUT2D eigenvalue weighted by atomic mass is 16.1. The predicted octanol–water partition coefficient (Wildman–Crippen LogP) is 2.47. The molecule has 1 atom stereocenters. The number of rotatable bonds is 3. The highest BCUT2D eigenvalue weighted by molar-refractivity contribution is 5.76. The van der Waals surface area contributed by atoms with E-state index < -0.39 is 0 Å². The van der Waals surface area contributed by atoms with Gasteiger partial charge in [0.15, 0.2) is 5.52 Å². The summed E-state index contributed by atoms with van der Waals surface area (Å²) in [5, 5.41) is 7.25. The van der Waals surface area contributed by atoms with Crippen LogP contribution in [0, 0.1) is 0 Å². The Morgan fingerprint density at radius 1 is 1.20 bits per heavy atom. The van der Waals surface area contributed by atoms with Gasteiger partial charge >= 0.3 is 0 Å². The lowest BCUT2D eigenvalue weighted by Gasteiger charge is -2.34. The lowest BCUT2D eigenvalue weighted by molar-refractivity contribution is 0.185. The average Bonchev–Trinajstić information content (AvgIpc) is 3.03. The zero-order valence-corrected chi connectivity index (χ0v) is 14.9. The molecule has 0 saturated heterocycles. The second-order valence-electron chi connectivity index (χ2n) is 7.10. The standard InChI is InChI=1S/C19H23N5O/c1-12(2)15-16-17(22-21-15)19(25)24-10-9-23(3)14(18(24)20-16)11-13-7-5-4-6-8-13/h4-8,12,14H,9-11H2,1-3H3,(H,21,22). The van der Waals surface area contributed by atoms with Gasteiger partial charge in [-0.25, -0.2) is 4.98 Å². The quantitative estimate of drug-likeness (QED) is 0.797. The Labute approximate surface area is 146 Å². The number of hydrogen-bond donors (Lipinski definition) is 1. The molecule has 4 rings (SSSR count). The minimum Gasteiger partial charge on any atom is -0.294 e. The predicted molar refractivity (Wildman–Crippen MR) is 97.8 cm³/mol. The zero-order valence-electron chi connectivity index (χ0n) is 14.9. The van der Waals surface area contributed by atoms with E-state index in [4.69, 9.17) is 4.98 Å². The first-order valence-electron chi connectivity index (χ1n) is 8.79. The largest absolute Gasteiger partial charge is 0.294 e. The van der Waals surface area contributed by atoms with Crippen LogP contribution in [0.4, 0.5) is 0 Å². The van der Waals surface area contributed by atoms with Crippen molar-refractivity contribution in [1.29, 1.82) is 0 Å². The first-order chi connectivity index (χ1) is 12.1. The molecule has 1 N–H and O–H groups in total. The van der Waals surface area contributed by atoms with Crippen molar-refractivity contribution in [3.8, 4) is 0 Å². The van der Waals surface area contributed by atoms with Gasteiger partial charge in [-0.1, -0.05) is 44.2 Å². The van der Waals surface area contributed by atoms with Crippen LogP contribution in [0.1, 0.15) is 42.9 Å². The van der Waals surface area contributed by atoms with Crippen molar-refractivity contribution < 1.29 is 0 Å². The molecular formula is C19H23N5O. The van der Waals surface area contributed by atoms with Crippen LogP contribution in [0.15, 0.2) is 35.1 Å². The SMILES string of the molecule is CC(C)c1[nH]nc2c(=O)n3c(nc12)C(Cc1ccccc1)N(C)CC3. The number of hydrogen-bond acceptors (Lipinski definition) is 4. The summed E-state index contributed by atoms with van der Waals surface area (Å²) in [6.07, 6.45) is 0.837. The zero-order chi connectivity index (χ0) is 17.6. The Hall–Kier alpha value is -2.47. The van der Waals surface area contributed by atoms with E-state index in [2.05, 4.69) is 60.3 Å². The van der Waals surface area contributed by atoms with E-state index in [9.17, 15) is 4.79 Å². The van der Waals surface area contributed by atoms with Crippen LogP contribution >= 0.6 is 0 Å². The van der Waals surface area contributed by atoms with Gasteiger partial charge in [0.2, 0.25) is 0 Å². The second kappa shape index (κ2) is 6.11. The minimum atomic E-state index is -0.0330. The second-order valence-corrected chi connectivity index (χ2v) is 7.10. The summed E-state index contributed by atoms with van der Waals surface area (Å²) < 4.78 is 1.81. The molecule has 0 spiro atoms. The minimum absolute atomic E-state index is 0.0330. The van der Waals surface area contributed by atoms with Gasteiger partial charge < -0.3 is 0 Å². The van der Waals surface area contributed by atoms with Crippen molar-refractivity contribution in [2.45, 2.75) is 38.8 Å². The summed E-state index contributed by atoms with van der Waals surface area (Å²) in [4.78, 5) is 20.1. The Bertz CT molecular complexity index is 957. The molecule has 6 heteroatoms. The molecule has 1 aromatic carbocycles. The number of benzene rings is 1. The summed E-state index contributed by atoms with van der Waals surface area (Å²) in [5.74, 6) is 1.09. The van der Waals surface area contributed by atoms with Gasteiger partial charge in [0.1, 0.15) is 11.3 Å². The van der Waals surface area contributed by atoms with Crippen LogP contribution in [-0.4, -0.2) is 38.2 Å². The van der Waals surface area contributed by atoms with E-state index in [1.807, 2.05) is 6.07 Å². The van der Waals surface area contributed by atoms with Gasteiger partial charge in [0.25, 0.3) is 5.56 Å². The first kappa shape index (κ1) is 16.0. The Morgan fingerprint density at radius 2 is 1.96 bits per heavy atom. The van der Waals surface area contributed by atoms with Crippen molar-refractivity contribution in [2.24, 2.45) is 0 Å². The summed E-state index contributed by atoms with van der Waals surface area (Å²) in [5.41, 5.74) is 3.32. The fourth-order valence-corrected chi connectivity index (χ4v) is 3.59. The van der Waals surface area contributed by atoms with E-state index >= 15 is 0 Å². The number of nitrogens with one attached hydrogen (secondary N) is 1. The molecule has 0 amide bonds. The molecule has 0 bridgehead atoms. The van der Waals surface area contributed by atoms with Crippen molar-refractivity contribution in [2.75, 3.05) is 13.6 Å². The van der Waals surface area contributed by atoms with Crippen LogP contribution in [0.25, 0.3) is 11.0 Å². The number of fused-ring (bicyclic) bond motifs is 2. The monoisotopic (exact) mass is 337 g/mol. The summed E-state index contributed by atoms with van der Waals surface area (Å²) in [6, 6.07) is 10.5. The van der Waals surface area contributed by atoms with Crippen LogP contribution in [-0.2, 0) is 13.0 Å². The van der Waals surface area contributed by atoms with E-state index in [0.717, 1.165) is 30.0 Å². The Kier molecular flexibility index (Phi) is 3.92. The number of aromatic nitrogens is 4. The van der Waals surface area contributed by atoms with Gasteiger partial charge in [-0.2, -0.15) is 5.10 Å². The Morgan fingerprint density at radius 3 is 2.68 bits per heavy atom. The highest BCUT2D eigenvalue weighted by Crippen LogP contribution is 2.28. The van der Waals surface area contributed by atoms with Crippen LogP contribution in [0.5, 0.6) is 0 Å². The normalized spacial score (nSPS) is 18.0. The van der Waals surface area contributed by atoms with Gasteiger partial charge in [-0.15, -0.1) is 0 Å². The summed E-state index contributed by atoms with van der Waals surface area (Å²) in [7, 11) is 2.10. The molecule has 1 aliphatic heterocycles. The molecule has 0 fully saturated rings. The third-order valence-corrected chi connectivity index (χ3v) is 5.07. The highest BCUT2D eigenvalue weighted by Gasteiger charge is 2.29. The summed E-state index contributed by atoms with van der Waals surface area (Å²) >= 11 is 0. The topological polar surface area (TPSA) is 66.8 Å². The number of aromatic amines is 1. The third-order valence-electron chi connectivity index (χ3n) is 5.07. The smallest absolute Gasteiger partial charge is 0.282 e. The maximum atomic E-state index is 12.9. The molecule has 6 nitrogen and oxygen atoms in total. The third kappa shape index (κ3) is 2.66. The average molecular weight is 337 g/mol. The van der Waals surface area contributed by atoms with Crippen LogP contribution in [0.2, 0.25) is 0 Å². The van der Waals surface area contributed by atoms with E-state index in [1.54, 1.807) is 4.57 Å². The first-order valence-corrected chi connectivity index (χ1v) is 8.79. The van der Waals surface area contributed by atoms with Gasteiger partial charge in [-0.05, 0) is 24.9 Å². The van der Waals surface area contributed by atoms with Gasteiger partial charge in [-0.3, -0.25) is 19.4 Å². The lowest BCUT2D eigenvalue weighted by atomic mass is 10.0. The summed E-state index contributed by atoms with van der Waals surface area (Å²) in [6.45, 7) is 5.65. The molecule has 0 aliphatic carbocycles. The van der Waals surface area contributed by atoms with Crippen LogP contribution < -0.4 is 5.56 Å². The maximum absolute atomic E-state index is 12.9. The van der Waals surface area contributed by atoms with Crippen molar-refractivity contribution in [3.05, 3.63) is 57.8 Å². The van der Waals surface area contributed by atoms with Gasteiger partial charge in [0, 0.05) is 13.1 Å². The molecule has 0 saturated carbocycles. The molecule has 1 unspecified atom stereocenters. The fraction of sp³-hybridized carbons (Fsp3) is 0.421. The number of likely N-dealkylation sites (N-methyl/N-ethyl adjacent to an activating group) is 1. The number of nitrogens with zero attached hydrogens (tertiary/aromatic N) is 4. The van der Waals surface area contributed by atoms with Crippen LogP contribution in [0.3, 0.4) is 0 Å². The van der Waals surface area contributed by atoms with E-state index in [1.165, 1.54) is 5.56 Å². The lowest BCUT2D eigenvalue weighted by Crippen LogP contribution is -2.42. The molecule has 0 radical (unpaired) electrons.